The van der Waals surface area contributed by atoms with Gasteiger partial charge in [0.25, 0.3) is 0 Å². The summed E-state index contributed by atoms with van der Waals surface area (Å²) in [4.78, 5) is 1.97. The number of rotatable bonds is 4. The Kier molecular flexibility index (Phi) is 4.50. The van der Waals surface area contributed by atoms with Gasteiger partial charge in [0.2, 0.25) is 0 Å². The van der Waals surface area contributed by atoms with Crippen LogP contribution < -0.4 is 4.90 Å². The summed E-state index contributed by atoms with van der Waals surface area (Å²) < 4.78 is 37.3. The van der Waals surface area contributed by atoms with Crippen molar-refractivity contribution < 1.29 is 13.2 Å². The first kappa shape index (κ1) is 14.4. The Balaban J connectivity index is 2.17. The van der Waals surface area contributed by atoms with E-state index in [4.69, 9.17) is 11.6 Å². The zero-order valence-corrected chi connectivity index (χ0v) is 11.1. The van der Waals surface area contributed by atoms with Crippen LogP contribution >= 0.6 is 11.6 Å². The first-order chi connectivity index (χ1) is 9.02. The van der Waals surface area contributed by atoms with Gasteiger partial charge in [-0.05, 0) is 25.0 Å². The standard InChI is InChI=1S/C12H15ClF3N3/c13-7-8-19(9-3-1-2-4-9)11-6-5-10(17-18-11)12(14,15)16/h5-6,9H,1-4,7-8H2. The summed E-state index contributed by atoms with van der Waals surface area (Å²) in [6.07, 6.45) is -0.121. The summed E-state index contributed by atoms with van der Waals surface area (Å²) in [7, 11) is 0. The molecular formula is C12H15ClF3N3. The molecule has 19 heavy (non-hydrogen) atoms. The van der Waals surface area contributed by atoms with Crippen LogP contribution in [0.3, 0.4) is 0 Å². The van der Waals surface area contributed by atoms with Gasteiger partial charge < -0.3 is 4.90 Å². The maximum atomic E-state index is 12.4. The van der Waals surface area contributed by atoms with E-state index in [1.807, 2.05) is 4.90 Å². The highest BCUT2D eigenvalue weighted by Gasteiger charge is 2.33. The van der Waals surface area contributed by atoms with Crippen molar-refractivity contribution in [3.63, 3.8) is 0 Å². The van der Waals surface area contributed by atoms with Crippen molar-refractivity contribution in [3.8, 4) is 0 Å². The fourth-order valence-corrected chi connectivity index (χ4v) is 2.60. The molecule has 0 spiro atoms. The molecule has 0 amide bonds. The maximum absolute atomic E-state index is 12.4. The molecule has 2 rings (SSSR count). The number of nitrogens with zero attached hydrogens (tertiary/aromatic N) is 3. The quantitative estimate of drug-likeness (QED) is 0.796. The first-order valence-electron chi connectivity index (χ1n) is 6.26. The lowest BCUT2D eigenvalue weighted by Gasteiger charge is -2.29. The molecule has 1 aliphatic carbocycles. The molecule has 0 unspecified atom stereocenters. The highest BCUT2D eigenvalue weighted by atomic mass is 35.5. The second-order valence-electron chi connectivity index (χ2n) is 4.60. The summed E-state index contributed by atoms with van der Waals surface area (Å²) in [6, 6.07) is 2.66. The average molecular weight is 294 g/mol. The third-order valence-electron chi connectivity index (χ3n) is 3.33. The van der Waals surface area contributed by atoms with Crippen molar-refractivity contribution in [1.29, 1.82) is 0 Å². The largest absolute Gasteiger partial charge is 0.435 e. The van der Waals surface area contributed by atoms with E-state index in [2.05, 4.69) is 10.2 Å². The van der Waals surface area contributed by atoms with Crippen LogP contribution in [-0.2, 0) is 6.18 Å². The van der Waals surface area contributed by atoms with Crippen molar-refractivity contribution in [2.45, 2.75) is 37.9 Å². The molecule has 0 radical (unpaired) electrons. The summed E-state index contributed by atoms with van der Waals surface area (Å²) in [5, 5.41) is 6.97. The minimum absolute atomic E-state index is 0.310. The van der Waals surface area contributed by atoms with E-state index in [1.165, 1.54) is 6.07 Å². The van der Waals surface area contributed by atoms with Gasteiger partial charge in [-0.2, -0.15) is 13.2 Å². The van der Waals surface area contributed by atoms with E-state index in [1.54, 1.807) is 0 Å². The molecule has 0 atom stereocenters. The number of anilines is 1. The van der Waals surface area contributed by atoms with Crippen LogP contribution in [0.1, 0.15) is 31.4 Å². The fraction of sp³-hybridized carbons (Fsp3) is 0.667. The van der Waals surface area contributed by atoms with Crippen LogP contribution in [0.2, 0.25) is 0 Å². The van der Waals surface area contributed by atoms with E-state index >= 15 is 0 Å². The molecule has 1 fully saturated rings. The summed E-state index contributed by atoms with van der Waals surface area (Å²) in [5.74, 6) is 0.889. The molecule has 0 bridgehead atoms. The number of hydrogen-bond donors (Lipinski definition) is 0. The minimum Gasteiger partial charge on any atom is -0.351 e. The van der Waals surface area contributed by atoms with Gasteiger partial charge in [0.05, 0.1) is 0 Å². The lowest BCUT2D eigenvalue weighted by Crippen LogP contribution is -2.35. The SMILES string of the molecule is FC(F)(F)c1ccc(N(CCCl)C2CCCC2)nn1. The van der Waals surface area contributed by atoms with Gasteiger partial charge in [0.1, 0.15) is 0 Å². The van der Waals surface area contributed by atoms with E-state index in [-0.39, 0.29) is 0 Å². The van der Waals surface area contributed by atoms with Crippen molar-refractivity contribution >= 4 is 17.4 Å². The summed E-state index contributed by atoms with van der Waals surface area (Å²) in [5.41, 5.74) is -0.964. The zero-order valence-electron chi connectivity index (χ0n) is 10.3. The van der Waals surface area contributed by atoms with Crippen LogP contribution in [-0.4, -0.2) is 28.7 Å². The van der Waals surface area contributed by atoms with E-state index in [9.17, 15) is 13.2 Å². The molecule has 0 aromatic carbocycles. The predicted octanol–water partition coefficient (Wildman–Crippen LogP) is 3.48. The monoisotopic (exact) mass is 293 g/mol. The lowest BCUT2D eigenvalue weighted by atomic mass is 10.2. The van der Waals surface area contributed by atoms with Crippen LogP contribution in [0, 0.1) is 0 Å². The molecule has 1 aromatic rings. The number of halogens is 4. The second kappa shape index (κ2) is 5.94. The number of alkyl halides is 4. The Bertz CT molecular complexity index is 402. The molecule has 1 aromatic heterocycles. The third-order valence-corrected chi connectivity index (χ3v) is 3.50. The average Bonchev–Trinajstić information content (AvgIpc) is 2.89. The molecule has 7 heteroatoms. The van der Waals surface area contributed by atoms with E-state index < -0.39 is 11.9 Å². The lowest BCUT2D eigenvalue weighted by molar-refractivity contribution is -0.141. The van der Waals surface area contributed by atoms with Crippen molar-refractivity contribution in [3.05, 3.63) is 17.8 Å². The highest BCUT2D eigenvalue weighted by Crippen LogP contribution is 2.30. The Morgan fingerprint density at radius 2 is 1.89 bits per heavy atom. The zero-order chi connectivity index (χ0) is 13.9. The fourth-order valence-electron chi connectivity index (χ4n) is 2.42. The summed E-state index contributed by atoms with van der Waals surface area (Å²) in [6.45, 7) is 0.576. The smallest absolute Gasteiger partial charge is 0.351 e. The molecule has 1 saturated carbocycles. The maximum Gasteiger partial charge on any atom is 0.435 e. The molecule has 0 aliphatic heterocycles. The van der Waals surface area contributed by atoms with Gasteiger partial charge in [-0.15, -0.1) is 21.8 Å². The Morgan fingerprint density at radius 1 is 1.21 bits per heavy atom. The van der Waals surface area contributed by atoms with E-state index in [0.29, 0.717) is 24.3 Å². The van der Waals surface area contributed by atoms with Gasteiger partial charge in [-0.1, -0.05) is 12.8 Å². The van der Waals surface area contributed by atoms with Crippen LogP contribution in [0.25, 0.3) is 0 Å². The molecule has 1 aliphatic rings. The van der Waals surface area contributed by atoms with E-state index in [0.717, 1.165) is 31.7 Å². The summed E-state index contributed by atoms with van der Waals surface area (Å²) >= 11 is 5.76. The van der Waals surface area contributed by atoms with Gasteiger partial charge in [0.15, 0.2) is 11.5 Å². The first-order valence-corrected chi connectivity index (χ1v) is 6.79. The van der Waals surface area contributed by atoms with Gasteiger partial charge in [-0.3, -0.25) is 0 Å². The van der Waals surface area contributed by atoms with Crippen LogP contribution in [0.15, 0.2) is 12.1 Å². The van der Waals surface area contributed by atoms with Gasteiger partial charge in [0, 0.05) is 18.5 Å². The predicted molar refractivity (Wildman–Crippen MR) is 67.4 cm³/mol. The topological polar surface area (TPSA) is 29.0 Å². The van der Waals surface area contributed by atoms with Crippen LogP contribution in [0.4, 0.5) is 19.0 Å². The highest BCUT2D eigenvalue weighted by molar-refractivity contribution is 6.18. The Labute approximate surface area is 114 Å². The Hall–Kier alpha value is -1.04. The van der Waals surface area contributed by atoms with Crippen molar-refractivity contribution in [1.82, 2.24) is 10.2 Å². The number of aromatic nitrogens is 2. The second-order valence-corrected chi connectivity index (χ2v) is 4.97. The molecule has 1 heterocycles. The molecular weight excluding hydrogens is 279 g/mol. The third kappa shape index (κ3) is 3.49. The molecule has 0 saturated heterocycles. The Morgan fingerprint density at radius 3 is 2.37 bits per heavy atom. The van der Waals surface area contributed by atoms with Gasteiger partial charge in [-0.25, -0.2) is 0 Å². The van der Waals surface area contributed by atoms with Crippen molar-refractivity contribution in [2.75, 3.05) is 17.3 Å². The minimum atomic E-state index is -4.45. The molecule has 0 N–H and O–H groups in total. The molecule has 106 valence electrons. The number of hydrogen-bond acceptors (Lipinski definition) is 3. The molecule has 3 nitrogen and oxygen atoms in total. The normalized spacial score (nSPS) is 16.8. The van der Waals surface area contributed by atoms with Crippen molar-refractivity contribution in [2.24, 2.45) is 0 Å². The van der Waals surface area contributed by atoms with Crippen LogP contribution in [0.5, 0.6) is 0 Å². The van der Waals surface area contributed by atoms with Gasteiger partial charge >= 0.3 is 6.18 Å².